The van der Waals surface area contributed by atoms with E-state index in [9.17, 15) is 4.79 Å². The van der Waals surface area contributed by atoms with E-state index in [2.05, 4.69) is 16.9 Å². The molecular weight excluding hydrogens is 280 g/mol. The Morgan fingerprint density at radius 3 is 2.64 bits per heavy atom. The van der Waals surface area contributed by atoms with Crippen LogP contribution in [0.5, 0.6) is 5.75 Å². The molecule has 0 aliphatic heterocycles. The Labute approximate surface area is 129 Å². The second-order valence-corrected chi connectivity index (χ2v) is 5.58. The van der Waals surface area contributed by atoms with Crippen molar-refractivity contribution >= 4 is 0 Å². The molecule has 3 rings (SSSR count). The van der Waals surface area contributed by atoms with E-state index >= 15 is 0 Å². The first-order valence-electron chi connectivity index (χ1n) is 7.72. The predicted molar refractivity (Wildman–Crippen MR) is 82.6 cm³/mol. The van der Waals surface area contributed by atoms with Crippen LogP contribution in [0.15, 0.2) is 23.3 Å². The molecule has 6 nitrogen and oxygen atoms in total. The van der Waals surface area contributed by atoms with Crippen molar-refractivity contribution in [1.29, 1.82) is 0 Å². The summed E-state index contributed by atoms with van der Waals surface area (Å²) in [6.07, 6.45) is 8.24. The van der Waals surface area contributed by atoms with E-state index in [1.807, 2.05) is 0 Å². The van der Waals surface area contributed by atoms with E-state index in [1.54, 1.807) is 25.6 Å². The van der Waals surface area contributed by atoms with E-state index in [0.29, 0.717) is 17.6 Å². The third kappa shape index (κ3) is 3.00. The van der Waals surface area contributed by atoms with Gasteiger partial charge in [0, 0.05) is 17.7 Å². The van der Waals surface area contributed by atoms with Crippen molar-refractivity contribution < 1.29 is 4.74 Å². The van der Waals surface area contributed by atoms with Crippen LogP contribution in [0.25, 0.3) is 5.95 Å². The molecule has 6 heteroatoms. The van der Waals surface area contributed by atoms with Gasteiger partial charge in [-0.3, -0.25) is 4.79 Å². The summed E-state index contributed by atoms with van der Waals surface area (Å²) in [7, 11) is 1.56. The summed E-state index contributed by atoms with van der Waals surface area (Å²) in [5, 5.41) is 0. The van der Waals surface area contributed by atoms with Crippen LogP contribution < -0.4 is 10.3 Å². The van der Waals surface area contributed by atoms with Gasteiger partial charge in [-0.15, -0.1) is 0 Å². The van der Waals surface area contributed by atoms with Gasteiger partial charge in [0.05, 0.1) is 19.5 Å². The molecule has 22 heavy (non-hydrogen) atoms. The molecule has 0 aromatic carbocycles. The zero-order valence-corrected chi connectivity index (χ0v) is 13.0. The Balaban J connectivity index is 2.03. The van der Waals surface area contributed by atoms with Gasteiger partial charge in [0.2, 0.25) is 5.95 Å². The largest absolute Gasteiger partial charge is 0.494 e. The molecule has 0 amide bonds. The fourth-order valence-corrected chi connectivity index (χ4v) is 2.38. The summed E-state index contributed by atoms with van der Waals surface area (Å²) >= 11 is 0. The quantitative estimate of drug-likeness (QED) is 0.818. The summed E-state index contributed by atoms with van der Waals surface area (Å²) in [4.78, 5) is 25.7. The highest BCUT2D eigenvalue weighted by Gasteiger charge is 2.30. The molecule has 2 heterocycles. The number of hydrogen-bond donors (Lipinski definition) is 0. The first kappa shape index (κ1) is 14.7. The van der Waals surface area contributed by atoms with Crippen LogP contribution in [0.1, 0.15) is 50.0 Å². The second kappa shape index (κ2) is 6.25. The lowest BCUT2D eigenvalue weighted by atomic mass is 10.2. The van der Waals surface area contributed by atoms with E-state index in [-0.39, 0.29) is 5.56 Å². The SMILES string of the molecule is CCCCc1cc(=O)n(-c2ncc(OC)cn2)c(C2CC2)n1. The highest BCUT2D eigenvalue weighted by molar-refractivity contribution is 5.24. The highest BCUT2D eigenvalue weighted by atomic mass is 16.5. The van der Waals surface area contributed by atoms with Gasteiger partial charge in [0.15, 0.2) is 5.75 Å². The maximum absolute atomic E-state index is 12.5. The van der Waals surface area contributed by atoms with Crippen molar-refractivity contribution in [3.8, 4) is 11.7 Å². The van der Waals surface area contributed by atoms with Crippen LogP contribution in [0, 0.1) is 0 Å². The Morgan fingerprint density at radius 2 is 2.05 bits per heavy atom. The molecule has 0 radical (unpaired) electrons. The molecule has 0 atom stereocenters. The number of ether oxygens (including phenoxy) is 1. The molecule has 1 saturated carbocycles. The van der Waals surface area contributed by atoms with E-state index in [1.165, 1.54) is 4.57 Å². The maximum Gasteiger partial charge on any atom is 0.260 e. The van der Waals surface area contributed by atoms with Crippen LogP contribution in [0.3, 0.4) is 0 Å². The van der Waals surface area contributed by atoms with Crippen molar-refractivity contribution in [3.05, 3.63) is 40.3 Å². The Morgan fingerprint density at radius 1 is 1.32 bits per heavy atom. The number of aryl methyl sites for hydroxylation is 1. The van der Waals surface area contributed by atoms with Crippen LogP contribution in [-0.4, -0.2) is 26.6 Å². The van der Waals surface area contributed by atoms with Crippen molar-refractivity contribution in [2.24, 2.45) is 0 Å². The molecule has 116 valence electrons. The maximum atomic E-state index is 12.5. The van der Waals surface area contributed by atoms with Gasteiger partial charge in [-0.1, -0.05) is 13.3 Å². The lowest BCUT2D eigenvalue weighted by Crippen LogP contribution is -2.25. The standard InChI is InChI=1S/C16H20N4O2/c1-3-4-5-12-8-14(21)20(15(19-12)11-6-7-11)16-17-9-13(22-2)10-18-16/h8-11H,3-7H2,1-2H3. The van der Waals surface area contributed by atoms with Crippen LogP contribution in [-0.2, 0) is 6.42 Å². The summed E-state index contributed by atoms with van der Waals surface area (Å²) in [6, 6.07) is 1.61. The van der Waals surface area contributed by atoms with Crippen molar-refractivity contribution in [3.63, 3.8) is 0 Å². The topological polar surface area (TPSA) is 69.9 Å². The average molecular weight is 300 g/mol. The van der Waals surface area contributed by atoms with Gasteiger partial charge < -0.3 is 4.74 Å². The molecule has 2 aromatic heterocycles. The minimum atomic E-state index is -0.104. The first-order chi connectivity index (χ1) is 10.7. The highest BCUT2D eigenvalue weighted by Crippen LogP contribution is 2.39. The number of nitrogens with zero attached hydrogens (tertiary/aromatic N) is 4. The normalized spacial score (nSPS) is 14.1. The lowest BCUT2D eigenvalue weighted by Gasteiger charge is -2.11. The van der Waals surface area contributed by atoms with Crippen LogP contribution in [0.4, 0.5) is 0 Å². The van der Waals surface area contributed by atoms with E-state index in [4.69, 9.17) is 9.72 Å². The third-order valence-electron chi connectivity index (χ3n) is 3.78. The van der Waals surface area contributed by atoms with Crippen molar-refractivity contribution in [2.45, 2.75) is 44.9 Å². The zero-order chi connectivity index (χ0) is 15.5. The number of methoxy groups -OCH3 is 1. The number of hydrogen-bond acceptors (Lipinski definition) is 5. The Bertz CT molecular complexity index is 705. The first-order valence-corrected chi connectivity index (χ1v) is 7.72. The predicted octanol–water partition coefficient (Wildman–Crippen LogP) is 2.25. The lowest BCUT2D eigenvalue weighted by molar-refractivity contribution is 0.410. The van der Waals surface area contributed by atoms with E-state index in [0.717, 1.165) is 43.6 Å². The number of unbranched alkanes of at least 4 members (excludes halogenated alkanes) is 1. The summed E-state index contributed by atoms with van der Waals surface area (Å²) in [5.41, 5.74) is 0.770. The van der Waals surface area contributed by atoms with Gasteiger partial charge in [0.1, 0.15) is 5.82 Å². The Kier molecular flexibility index (Phi) is 4.18. The summed E-state index contributed by atoms with van der Waals surface area (Å²) in [5.74, 6) is 2.07. The average Bonchev–Trinajstić information content (AvgIpc) is 3.37. The van der Waals surface area contributed by atoms with Gasteiger partial charge in [0.25, 0.3) is 5.56 Å². The smallest absolute Gasteiger partial charge is 0.260 e. The molecule has 0 spiro atoms. The molecule has 2 aromatic rings. The number of aromatic nitrogens is 4. The summed E-state index contributed by atoms with van der Waals surface area (Å²) in [6.45, 7) is 2.13. The molecule has 0 N–H and O–H groups in total. The molecule has 0 bridgehead atoms. The molecule has 0 unspecified atom stereocenters. The fraction of sp³-hybridized carbons (Fsp3) is 0.500. The third-order valence-corrected chi connectivity index (χ3v) is 3.78. The summed E-state index contributed by atoms with van der Waals surface area (Å²) < 4.78 is 6.60. The minimum absolute atomic E-state index is 0.104. The molecule has 1 fully saturated rings. The molecule has 1 aliphatic rings. The van der Waals surface area contributed by atoms with Crippen LogP contribution >= 0.6 is 0 Å². The van der Waals surface area contributed by atoms with Gasteiger partial charge in [-0.05, 0) is 25.7 Å². The monoisotopic (exact) mass is 300 g/mol. The number of rotatable bonds is 6. The van der Waals surface area contributed by atoms with Crippen molar-refractivity contribution in [2.75, 3.05) is 7.11 Å². The molecule has 1 aliphatic carbocycles. The second-order valence-electron chi connectivity index (χ2n) is 5.58. The molecule has 0 saturated heterocycles. The van der Waals surface area contributed by atoms with Crippen LogP contribution in [0.2, 0.25) is 0 Å². The van der Waals surface area contributed by atoms with Gasteiger partial charge in [-0.25, -0.2) is 19.5 Å². The van der Waals surface area contributed by atoms with E-state index < -0.39 is 0 Å². The van der Waals surface area contributed by atoms with Gasteiger partial charge in [-0.2, -0.15) is 0 Å². The minimum Gasteiger partial charge on any atom is -0.494 e. The molecular formula is C16H20N4O2. The zero-order valence-electron chi connectivity index (χ0n) is 13.0. The van der Waals surface area contributed by atoms with Crippen molar-refractivity contribution in [1.82, 2.24) is 19.5 Å². The fourth-order valence-electron chi connectivity index (χ4n) is 2.38. The Hall–Kier alpha value is -2.24. The van der Waals surface area contributed by atoms with Gasteiger partial charge >= 0.3 is 0 Å².